The Bertz CT molecular complexity index is 707. The second kappa shape index (κ2) is 7.41. The molecule has 3 N–H and O–H groups in total. The lowest BCUT2D eigenvalue weighted by Gasteiger charge is -2.17. The van der Waals surface area contributed by atoms with Crippen LogP contribution >= 0.6 is 15.9 Å². The first kappa shape index (κ1) is 15.7. The van der Waals surface area contributed by atoms with Crippen LogP contribution < -0.4 is 16.0 Å². The fourth-order valence-corrected chi connectivity index (χ4v) is 2.79. The molecule has 3 heterocycles. The molecular formula is C16H18BrN5O. The highest BCUT2D eigenvalue weighted by atomic mass is 79.9. The van der Waals surface area contributed by atoms with Gasteiger partial charge in [0.2, 0.25) is 0 Å². The molecule has 0 unspecified atom stereocenters. The van der Waals surface area contributed by atoms with E-state index in [2.05, 4.69) is 47.9 Å². The highest BCUT2D eigenvalue weighted by Gasteiger charge is 2.10. The molecule has 2 aromatic heterocycles. The van der Waals surface area contributed by atoms with E-state index < -0.39 is 0 Å². The van der Waals surface area contributed by atoms with E-state index in [1.54, 1.807) is 12.1 Å². The SMILES string of the molecule is O=C(NCCc1ccc2c(n1)NCCC2)Nc1cccc(Br)n1. The molecule has 7 heteroatoms. The zero-order valence-corrected chi connectivity index (χ0v) is 14.2. The third kappa shape index (κ3) is 4.41. The Hall–Kier alpha value is -2.15. The van der Waals surface area contributed by atoms with E-state index in [0.717, 1.165) is 30.9 Å². The number of hydrogen-bond donors (Lipinski definition) is 3. The minimum Gasteiger partial charge on any atom is -0.370 e. The highest BCUT2D eigenvalue weighted by Crippen LogP contribution is 2.19. The first-order valence-corrected chi connectivity index (χ1v) is 8.40. The zero-order chi connectivity index (χ0) is 16.1. The van der Waals surface area contributed by atoms with Crippen molar-refractivity contribution in [2.24, 2.45) is 0 Å². The van der Waals surface area contributed by atoms with Gasteiger partial charge in [0, 0.05) is 25.2 Å². The average Bonchev–Trinajstić information content (AvgIpc) is 2.55. The number of carbonyl (C=O) groups excluding carboxylic acids is 1. The standard InChI is InChI=1S/C16H18BrN5O/c17-13-4-1-5-14(21-13)22-16(23)19-10-8-12-7-6-11-3-2-9-18-15(11)20-12/h1,4-7H,2-3,8-10H2,(H,18,20)(H2,19,21,22,23). The third-order valence-electron chi connectivity index (χ3n) is 3.58. The van der Waals surface area contributed by atoms with Gasteiger partial charge in [0.15, 0.2) is 0 Å². The maximum atomic E-state index is 11.8. The number of aryl methyl sites for hydroxylation is 1. The van der Waals surface area contributed by atoms with Gasteiger partial charge in [-0.1, -0.05) is 12.1 Å². The van der Waals surface area contributed by atoms with Gasteiger partial charge in [-0.2, -0.15) is 0 Å². The number of anilines is 2. The second-order valence-electron chi connectivity index (χ2n) is 5.32. The van der Waals surface area contributed by atoms with Crippen molar-refractivity contribution < 1.29 is 4.79 Å². The summed E-state index contributed by atoms with van der Waals surface area (Å²) in [5.74, 6) is 1.49. The molecule has 0 radical (unpaired) electrons. The highest BCUT2D eigenvalue weighted by molar-refractivity contribution is 9.10. The predicted octanol–water partition coefficient (Wildman–Crippen LogP) is 2.96. The predicted molar refractivity (Wildman–Crippen MR) is 93.7 cm³/mol. The second-order valence-corrected chi connectivity index (χ2v) is 6.13. The summed E-state index contributed by atoms with van der Waals surface area (Å²) < 4.78 is 0.682. The largest absolute Gasteiger partial charge is 0.370 e. The molecule has 6 nitrogen and oxygen atoms in total. The van der Waals surface area contributed by atoms with Crippen molar-refractivity contribution in [3.63, 3.8) is 0 Å². The summed E-state index contributed by atoms with van der Waals surface area (Å²) in [6, 6.07) is 9.24. The molecule has 2 aromatic rings. The van der Waals surface area contributed by atoms with Crippen molar-refractivity contribution in [3.8, 4) is 0 Å². The number of rotatable bonds is 4. The lowest BCUT2D eigenvalue weighted by atomic mass is 10.1. The Labute approximate surface area is 143 Å². The Morgan fingerprint density at radius 1 is 1.26 bits per heavy atom. The van der Waals surface area contributed by atoms with E-state index in [1.165, 1.54) is 5.56 Å². The van der Waals surface area contributed by atoms with E-state index in [-0.39, 0.29) is 6.03 Å². The summed E-state index contributed by atoms with van der Waals surface area (Å²) in [6.07, 6.45) is 2.92. The first-order valence-electron chi connectivity index (χ1n) is 7.61. The molecule has 23 heavy (non-hydrogen) atoms. The van der Waals surface area contributed by atoms with Crippen molar-refractivity contribution in [1.82, 2.24) is 15.3 Å². The van der Waals surface area contributed by atoms with Crippen LogP contribution in [0.1, 0.15) is 17.7 Å². The molecule has 0 bridgehead atoms. The van der Waals surface area contributed by atoms with Gasteiger partial charge in [0.05, 0.1) is 0 Å². The van der Waals surface area contributed by atoms with E-state index in [4.69, 9.17) is 0 Å². The lowest BCUT2D eigenvalue weighted by molar-refractivity contribution is 0.252. The van der Waals surface area contributed by atoms with E-state index >= 15 is 0 Å². The van der Waals surface area contributed by atoms with Gasteiger partial charge >= 0.3 is 6.03 Å². The molecule has 3 rings (SSSR count). The molecule has 0 atom stereocenters. The molecule has 0 fully saturated rings. The third-order valence-corrected chi connectivity index (χ3v) is 4.02. The minimum atomic E-state index is -0.272. The van der Waals surface area contributed by atoms with Gasteiger partial charge in [0.1, 0.15) is 16.2 Å². The zero-order valence-electron chi connectivity index (χ0n) is 12.6. The molecule has 0 aliphatic carbocycles. The molecule has 0 saturated carbocycles. The van der Waals surface area contributed by atoms with Crippen molar-refractivity contribution in [2.75, 3.05) is 23.7 Å². The Balaban J connectivity index is 1.48. The summed E-state index contributed by atoms with van der Waals surface area (Å²) in [6.45, 7) is 1.50. The number of amides is 2. The number of carbonyl (C=O) groups is 1. The average molecular weight is 376 g/mol. The molecule has 120 valence electrons. The summed E-state index contributed by atoms with van der Waals surface area (Å²) in [5, 5.41) is 8.83. The first-order chi connectivity index (χ1) is 11.2. The summed E-state index contributed by atoms with van der Waals surface area (Å²) in [7, 11) is 0. The number of nitrogens with zero attached hydrogens (tertiary/aromatic N) is 2. The number of fused-ring (bicyclic) bond motifs is 1. The number of hydrogen-bond acceptors (Lipinski definition) is 4. The Morgan fingerprint density at radius 3 is 3.04 bits per heavy atom. The number of aromatic nitrogens is 2. The number of nitrogens with one attached hydrogen (secondary N) is 3. The van der Waals surface area contributed by atoms with Gasteiger partial charge in [-0.15, -0.1) is 0 Å². The quantitative estimate of drug-likeness (QED) is 0.717. The lowest BCUT2D eigenvalue weighted by Crippen LogP contribution is -2.31. The molecular weight excluding hydrogens is 358 g/mol. The van der Waals surface area contributed by atoms with Crippen LogP contribution in [0.4, 0.5) is 16.4 Å². The van der Waals surface area contributed by atoms with Crippen LogP contribution in [-0.4, -0.2) is 29.1 Å². The van der Waals surface area contributed by atoms with Crippen LogP contribution in [0.15, 0.2) is 34.9 Å². The summed E-state index contributed by atoms with van der Waals surface area (Å²) in [4.78, 5) is 20.6. The van der Waals surface area contributed by atoms with Gasteiger partial charge in [-0.05, 0) is 52.5 Å². The van der Waals surface area contributed by atoms with E-state index in [0.29, 0.717) is 23.4 Å². The summed E-state index contributed by atoms with van der Waals surface area (Å²) in [5.41, 5.74) is 2.24. The maximum Gasteiger partial charge on any atom is 0.320 e. The van der Waals surface area contributed by atoms with Gasteiger partial charge in [-0.25, -0.2) is 14.8 Å². The van der Waals surface area contributed by atoms with Crippen LogP contribution in [0.25, 0.3) is 0 Å². The van der Waals surface area contributed by atoms with Crippen LogP contribution in [0.3, 0.4) is 0 Å². The van der Waals surface area contributed by atoms with Crippen LogP contribution in [0.2, 0.25) is 0 Å². The van der Waals surface area contributed by atoms with Crippen molar-refractivity contribution >= 4 is 33.6 Å². The van der Waals surface area contributed by atoms with Crippen LogP contribution in [-0.2, 0) is 12.8 Å². The molecule has 1 aliphatic heterocycles. The number of pyridine rings is 2. The Kier molecular flexibility index (Phi) is 5.07. The van der Waals surface area contributed by atoms with Gasteiger partial charge in [0.25, 0.3) is 0 Å². The van der Waals surface area contributed by atoms with Crippen LogP contribution in [0, 0.1) is 0 Å². The maximum absolute atomic E-state index is 11.8. The fourth-order valence-electron chi connectivity index (χ4n) is 2.45. The molecule has 1 aliphatic rings. The molecule has 0 aromatic carbocycles. The monoisotopic (exact) mass is 375 g/mol. The molecule has 2 amide bonds. The normalized spacial score (nSPS) is 12.9. The van der Waals surface area contributed by atoms with Crippen LogP contribution in [0.5, 0.6) is 0 Å². The van der Waals surface area contributed by atoms with Gasteiger partial charge < -0.3 is 10.6 Å². The van der Waals surface area contributed by atoms with Crippen molar-refractivity contribution in [2.45, 2.75) is 19.3 Å². The van der Waals surface area contributed by atoms with E-state index in [1.807, 2.05) is 12.1 Å². The van der Waals surface area contributed by atoms with Crippen molar-refractivity contribution in [3.05, 3.63) is 46.2 Å². The number of urea groups is 1. The molecule has 0 saturated heterocycles. The minimum absolute atomic E-state index is 0.272. The Morgan fingerprint density at radius 2 is 2.17 bits per heavy atom. The van der Waals surface area contributed by atoms with Gasteiger partial charge in [-0.3, -0.25) is 5.32 Å². The summed E-state index contributed by atoms with van der Waals surface area (Å²) >= 11 is 3.27. The fraction of sp³-hybridized carbons (Fsp3) is 0.312. The smallest absolute Gasteiger partial charge is 0.320 e. The van der Waals surface area contributed by atoms with Crippen molar-refractivity contribution in [1.29, 1.82) is 0 Å². The number of halogens is 1. The molecule has 0 spiro atoms. The topological polar surface area (TPSA) is 78.9 Å². The van der Waals surface area contributed by atoms with E-state index in [9.17, 15) is 4.79 Å².